The number of allylic oxidation sites excluding steroid dienone is 1. The SMILES string of the molecule is C=CC=O.CCCCCCCCCN(C)C. The summed E-state index contributed by atoms with van der Waals surface area (Å²) in [6.07, 6.45) is 11.7. The first-order chi connectivity index (χ1) is 7.68. The maximum Gasteiger partial charge on any atom is 0.142 e. The average Bonchev–Trinajstić information content (AvgIpc) is 2.28. The number of unbranched alkanes of at least 4 members (excludes halogenated alkanes) is 6. The number of carbonyl (C=O) groups is 1. The molecule has 0 amide bonds. The van der Waals surface area contributed by atoms with Gasteiger partial charge in [0.05, 0.1) is 0 Å². The molecule has 0 aromatic rings. The van der Waals surface area contributed by atoms with Gasteiger partial charge in [-0.15, -0.1) is 0 Å². The van der Waals surface area contributed by atoms with E-state index in [-0.39, 0.29) is 0 Å². The summed E-state index contributed by atoms with van der Waals surface area (Å²) >= 11 is 0. The molecule has 0 aromatic carbocycles. The van der Waals surface area contributed by atoms with Gasteiger partial charge in [-0.1, -0.05) is 52.0 Å². The first kappa shape index (κ1) is 17.8. The van der Waals surface area contributed by atoms with Crippen molar-refractivity contribution in [1.29, 1.82) is 0 Å². The van der Waals surface area contributed by atoms with Crippen LogP contribution in [0.3, 0.4) is 0 Å². The third-order valence-corrected chi connectivity index (χ3v) is 2.31. The minimum Gasteiger partial charge on any atom is -0.309 e. The quantitative estimate of drug-likeness (QED) is 0.340. The lowest BCUT2D eigenvalue weighted by Gasteiger charge is -2.08. The lowest BCUT2D eigenvalue weighted by atomic mass is 10.1. The molecule has 96 valence electrons. The van der Waals surface area contributed by atoms with Crippen LogP contribution in [0, 0.1) is 0 Å². The Balaban J connectivity index is 0. The second kappa shape index (κ2) is 16.8. The molecule has 0 heterocycles. The van der Waals surface area contributed by atoms with Crippen LogP contribution < -0.4 is 0 Å². The van der Waals surface area contributed by atoms with E-state index in [0.717, 1.165) is 0 Å². The first-order valence-electron chi connectivity index (χ1n) is 6.40. The number of hydrogen-bond donors (Lipinski definition) is 0. The van der Waals surface area contributed by atoms with Gasteiger partial charge in [-0.05, 0) is 33.1 Å². The maximum absolute atomic E-state index is 9.06. The highest BCUT2D eigenvalue weighted by molar-refractivity contribution is 5.63. The van der Waals surface area contributed by atoms with Crippen LogP contribution >= 0.6 is 0 Å². The van der Waals surface area contributed by atoms with Crippen molar-refractivity contribution < 1.29 is 4.79 Å². The summed E-state index contributed by atoms with van der Waals surface area (Å²) in [6.45, 7) is 6.64. The zero-order chi connectivity index (χ0) is 12.6. The molecule has 16 heavy (non-hydrogen) atoms. The fraction of sp³-hybridized carbons (Fsp3) is 0.786. The van der Waals surface area contributed by atoms with Crippen molar-refractivity contribution in [3.8, 4) is 0 Å². The summed E-state index contributed by atoms with van der Waals surface area (Å²) in [7, 11) is 4.30. The van der Waals surface area contributed by atoms with Crippen LogP contribution in [0.4, 0.5) is 0 Å². The smallest absolute Gasteiger partial charge is 0.142 e. The standard InChI is InChI=1S/C11H25N.C3H4O/c1-4-5-6-7-8-9-10-11-12(2)3;1-2-3-4/h4-11H2,1-3H3;2-3H,1H2. The van der Waals surface area contributed by atoms with Gasteiger partial charge >= 0.3 is 0 Å². The van der Waals surface area contributed by atoms with Crippen LogP contribution in [-0.4, -0.2) is 31.8 Å². The highest BCUT2D eigenvalue weighted by Gasteiger charge is 1.91. The van der Waals surface area contributed by atoms with Crippen LogP contribution in [0.1, 0.15) is 51.9 Å². The highest BCUT2D eigenvalue weighted by atomic mass is 16.1. The third kappa shape index (κ3) is 23.3. The van der Waals surface area contributed by atoms with Gasteiger partial charge in [-0.2, -0.15) is 0 Å². The molecule has 0 unspecified atom stereocenters. The van der Waals surface area contributed by atoms with Gasteiger partial charge < -0.3 is 4.90 Å². The monoisotopic (exact) mass is 227 g/mol. The summed E-state index contributed by atoms with van der Waals surface area (Å²) < 4.78 is 0. The minimum absolute atomic E-state index is 0.639. The second-order valence-electron chi connectivity index (χ2n) is 4.30. The Morgan fingerprint density at radius 3 is 1.81 bits per heavy atom. The Labute approximate surface area is 102 Å². The Bertz CT molecular complexity index is 138. The summed E-state index contributed by atoms with van der Waals surface area (Å²) in [6, 6.07) is 0. The molecule has 0 fully saturated rings. The molecule has 0 radical (unpaired) electrons. The van der Waals surface area contributed by atoms with Crippen LogP contribution in [0.2, 0.25) is 0 Å². The Kier molecular flexibility index (Phi) is 18.6. The van der Waals surface area contributed by atoms with Crippen molar-refractivity contribution in [2.45, 2.75) is 51.9 Å². The van der Waals surface area contributed by atoms with Crippen LogP contribution in [0.15, 0.2) is 12.7 Å². The highest BCUT2D eigenvalue weighted by Crippen LogP contribution is 2.06. The van der Waals surface area contributed by atoms with Gasteiger partial charge in [-0.3, -0.25) is 4.79 Å². The second-order valence-corrected chi connectivity index (χ2v) is 4.30. The van der Waals surface area contributed by atoms with E-state index in [4.69, 9.17) is 4.79 Å². The molecule has 0 saturated heterocycles. The van der Waals surface area contributed by atoms with E-state index in [1.54, 1.807) is 0 Å². The number of nitrogens with zero attached hydrogens (tertiary/aromatic N) is 1. The number of hydrogen-bond acceptors (Lipinski definition) is 2. The molecule has 0 atom stereocenters. The van der Waals surface area contributed by atoms with Crippen LogP contribution in [0.5, 0.6) is 0 Å². The van der Waals surface area contributed by atoms with E-state index in [1.807, 2.05) is 0 Å². The van der Waals surface area contributed by atoms with E-state index >= 15 is 0 Å². The minimum atomic E-state index is 0.639. The normalized spacial score (nSPS) is 9.50. The predicted molar refractivity (Wildman–Crippen MR) is 72.8 cm³/mol. The Hall–Kier alpha value is -0.630. The molecule has 0 aliphatic heterocycles. The molecule has 0 aliphatic rings. The number of aldehydes is 1. The lowest BCUT2D eigenvalue weighted by molar-refractivity contribution is -0.104. The largest absolute Gasteiger partial charge is 0.309 e. The fourth-order valence-corrected chi connectivity index (χ4v) is 1.39. The molecule has 2 heteroatoms. The molecule has 0 aromatic heterocycles. The summed E-state index contributed by atoms with van der Waals surface area (Å²) in [5.74, 6) is 0. The van der Waals surface area contributed by atoms with Gasteiger partial charge in [0, 0.05) is 0 Å². The summed E-state index contributed by atoms with van der Waals surface area (Å²) in [5, 5.41) is 0. The van der Waals surface area contributed by atoms with Crippen molar-refractivity contribution in [3.05, 3.63) is 12.7 Å². The van der Waals surface area contributed by atoms with Crippen molar-refractivity contribution in [2.75, 3.05) is 20.6 Å². The van der Waals surface area contributed by atoms with Crippen molar-refractivity contribution >= 4 is 6.29 Å². The molecular weight excluding hydrogens is 198 g/mol. The van der Waals surface area contributed by atoms with E-state index in [0.29, 0.717) is 6.29 Å². The fourth-order valence-electron chi connectivity index (χ4n) is 1.39. The van der Waals surface area contributed by atoms with Crippen molar-refractivity contribution in [2.24, 2.45) is 0 Å². The Morgan fingerprint density at radius 1 is 1.00 bits per heavy atom. The Morgan fingerprint density at radius 2 is 1.44 bits per heavy atom. The summed E-state index contributed by atoms with van der Waals surface area (Å²) in [5.41, 5.74) is 0. The molecule has 0 saturated carbocycles. The van der Waals surface area contributed by atoms with Crippen LogP contribution in [-0.2, 0) is 4.79 Å². The molecule has 2 nitrogen and oxygen atoms in total. The average molecular weight is 227 g/mol. The van der Waals surface area contributed by atoms with E-state index in [9.17, 15) is 0 Å². The van der Waals surface area contributed by atoms with Gasteiger partial charge in [-0.25, -0.2) is 0 Å². The maximum atomic E-state index is 9.06. The molecule has 0 rings (SSSR count). The van der Waals surface area contributed by atoms with Crippen molar-refractivity contribution in [3.63, 3.8) is 0 Å². The van der Waals surface area contributed by atoms with E-state index < -0.39 is 0 Å². The molecular formula is C14H29NO. The molecule has 0 bridgehead atoms. The summed E-state index contributed by atoms with van der Waals surface area (Å²) in [4.78, 5) is 11.3. The van der Waals surface area contributed by atoms with Crippen molar-refractivity contribution in [1.82, 2.24) is 4.90 Å². The number of carbonyl (C=O) groups excluding carboxylic acids is 1. The van der Waals surface area contributed by atoms with Gasteiger partial charge in [0.2, 0.25) is 0 Å². The topological polar surface area (TPSA) is 20.3 Å². The molecule has 0 spiro atoms. The molecule has 0 aliphatic carbocycles. The van der Waals surface area contributed by atoms with E-state index in [1.165, 1.54) is 57.6 Å². The van der Waals surface area contributed by atoms with Gasteiger partial charge in [0.15, 0.2) is 0 Å². The molecule has 0 N–H and O–H groups in total. The van der Waals surface area contributed by atoms with Gasteiger partial charge in [0.25, 0.3) is 0 Å². The van der Waals surface area contributed by atoms with Crippen LogP contribution in [0.25, 0.3) is 0 Å². The predicted octanol–water partition coefficient (Wildman–Crippen LogP) is 3.67. The zero-order valence-electron chi connectivity index (χ0n) is 11.4. The zero-order valence-corrected chi connectivity index (χ0v) is 11.4. The first-order valence-corrected chi connectivity index (χ1v) is 6.40. The lowest BCUT2D eigenvalue weighted by Crippen LogP contribution is -2.12. The number of rotatable bonds is 9. The van der Waals surface area contributed by atoms with E-state index in [2.05, 4.69) is 32.5 Å². The third-order valence-electron chi connectivity index (χ3n) is 2.31. The van der Waals surface area contributed by atoms with Gasteiger partial charge in [0.1, 0.15) is 6.29 Å².